The number of amides is 2. The molecule has 0 fully saturated rings. The first-order valence-electron chi connectivity index (χ1n) is 22.2. The lowest BCUT2D eigenvalue weighted by Gasteiger charge is -2.39. The Morgan fingerprint density at radius 1 is 0.420 bits per heavy atom. The van der Waals surface area contributed by atoms with Gasteiger partial charge in [-0.25, -0.2) is 0 Å². The third-order valence-corrected chi connectivity index (χ3v) is 12.3. The van der Waals surface area contributed by atoms with Gasteiger partial charge >= 0.3 is 0 Å². The van der Waals surface area contributed by atoms with Gasteiger partial charge in [-0.1, -0.05) is 185 Å². The van der Waals surface area contributed by atoms with Crippen LogP contribution >= 0.6 is 0 Å². The minimum atomic E-state index is -0.251. The van der Waals surface area contributed by atoms with E-state index in [-0.39, 0.29) is 35.0 Å². The summed E-state index contributed by atoms with van der Waals surface area (Å²) in [5, 5.41) is 6.09. The van der Waals surface area contributed by atoms with Gasteiger partial charge in [0.1, 0.15) is 0 Å². The molecule has 0 aromatic rings. The second-order valence-corrected chi connectivity index (χ2v) is 15.4. The lowest BCUT2D eigenvalue weighted by atomic mass is 9.67. The van der Waals surface area contributed by atoms with Crippen LogP contribution in [-0.4, -0.2) is 24.1 Å². The smallest absolute Gasteiger partial charge is 0.227 e. The van der Waals surface area contributed by atoms with E-state index >= 15 is 0 Å². The number of carbonyl (C=O) groups excluding carboxylic acids is 2. The summed E-state index contributed by atoms with van der Waals surface area (Å²) in [6.07, 6.45) is 31.0. The Morgan fingerprint density at radius 2 is 0.680 bits per heavy atom. The zero-order valence-electron chi connectivity index (χ0n) is 35.7. The molecule has 4 atom stereocenters. The van der Waals surface area contributed by atoms with E-state index in [1.165, 1.54) is 109 Å². The molecule has 0 spiro atoms. The Hall–Kier alpha value is -1.14. The van der Waals surface area contributed by atoms with Gasteiger partial charge in [-0.05, 0) is 63.2 Å². The number of hydrogen-bond acceptors (Lipinski definition) is 4. The van der Waals surface area contributed by atoms with Crippen LogP contribution < -0.4 is 22.1 Å². The summed E-state index contributed by atoms with van der Waals surface area (Å²) < 4.78 is 0. The van der Waals surface area contributed by atoms with Gasteiger partial charge in [-0.15, -0.1) is 0 Å². The molecule has 0 saturated carbocycles. The van der Waals surface area contributed by atoms with Gasteiger partial charge in [0.05, 0.1) is 23.2 Å². The van der Waals surface area contributed by atoms with Crippen LogP contribution in [0.4, 0.5) is 0 Å². The third-order valence-electron chi connectivity index (χ3n) is 12.3. The second-order valence-electron chi connectivity index (χ2n) is 15.4. The molecule has 0 rings (SSSR count). The van der Waals surface area contributed by atoms with Crippen molar-refractivity contribution in [1.29, 1.82) is 0 Å². The molecular formula is C44H92N4O2. The molecule has 0 aromatic heterocycles. The molecule has 0 heterocycles. The van der Waals surface area contributed by atoms with E-state index in [0.717, 1.165) is 57.8 Å². The number of nitrogens with two attached hydrogens (primary N) is 2. The van der Waals surface area contributed by atoms with E-state index in [1.807, 2.05) is 13.8 Å². The Labute approximate surface area is 314 Å². The van der Waals surface area contributed by atoms with E-state index < -0.39 is 0 Å². The molecule has 0 radical (unpaired) electrons. The highest BCUT2D eigenvalue weighted by Crippen LogP contribution is 2.42. The normalized spacial score (nSPS) is 14.3. The van der Waals surface area contributed by atoms with Crippen LogP contribution in [0.1, 0.15) is 236 Å². The van der Waals surface area contributed by atoms with Crippen molar-refractivity contribution in [3.8, 4) is 0 Å². The molecule has 2 amide bonds. The maximum Gasteiger partial charge on any atom is 0.227 e. The fraction of sp³-hybridized carbons (Fsp3) is 0.955. The zero-order chi connectivity index (χ0) is 38.3. The summed E-state index contributed by atoms with van der Waals surface area (Å²) in [6.45, 7) is 21.6. The number of nitrogens with one attached hydrogen (secondary N) is 2. The van der Waals surface area contributed by atoms with Gasteiger partial charge in [0.25, 0.3) is 0 Å². The lowest BCUT2D eigenvalue weighted by molar-refractivity contribution is -0.137. The first-order chi connectivity index (χ1) is 24.0. The molecule has 0 aliphatic carbocycles. The summed E-state index contributed by atoms with van der Waals surface area (Å²) in [5.74, 6) is 1.28. The second kappa shape index (κ2) is 32.5. The molecule has 6 nitrogen and oxygen atoms in total. The average Bonchev–Trinajstić information content (AvgIpc) is 3.13. The van der Waals surface area contributed by atoms with Crippen molar-refractivity contribution in [3.05, 3.63) is 0 Å². The SMILES string of the molecule is CCCCCC(CC)C(CC)(CC)C(=O)NC(N)CC.CCCCCCCCCCCCCCCC(CC)C(CC)(CC)C(=O)NC(N)CC. The van der Waals surface area contributed by atoms with Gasteiger partial charge < -0.3 is 22.1 Å². The van der Waals surface area contributed by atoms with Crippen molar-refractivity contribution < 1.29 is 9.59 Å². The Bertz CT molecular complexity index is 780. The minimum absolute atomic E-state index is 0.167. The van der Waals surface area contributed by atoms with Gasteiger partial charge in [0.2, 0.25) is 11.8 Å². The van der Waals surface area contributed by atoms with Crippen LogP contribution in [0.5, 0.6) is 0 Å². The van der Waals surface area contributed by atoms with Gasteiger partial charge in [0.15, 0.2) is 0 Å². The van der Waals surface area contributed by atoms with Crippen molar-refractivity contribution in [2.24, 2.45) is 34.1 Å². The third kappa shape index (κ3) is 19.6. The van der Waals surface area contributed by atoms with Crippen LogP contribution in [0.25, 0.3) is 0 Å². The quantitative estimate of drug-likeness (QED) is 0.0412. The monoisotopic (exact) mass is 709 g/mol. The van der Waals surface area contributed by atoms with Crippen molar-refractivity contribution in [2.75, 3.05) is 0 Å². The maximum atomic E-state index is 13.0. The molecule has 50 heavy (non-hydrogen) atoms. The predicted molar refractivity (Wildman–Crippen MR) is 221 cm³/mol. The first kappa shape index (κ1) is 51.0. The molecule has 4 unspecified atom stereocenters. The van der Waals surface area contributed by atoms with E-state index in [4.69, 9.17) is 11.5 Å². The minimum Gasteiger partial charge on any atom is -0.341 e. The average molecular weight is 709 g/mol. The topological polar surface area (TPSA) is 110 Å². The highest BCUT2D eigenvalue weighted by molar-refractivity contribution is 5.83. The molecule has 0 aromatic carbocycles. The Balaban J connectivity index is 0. The van der Waals surface area contributed by atoms with Gasteiger partial charge in [-0.3, -0.25) is 9.59 Å². The molecular weight excluding hydrogens is 617 g/mol. The fourth-order valence-corrected chi connectivity index (χ4v) is 8.29. The predicted octanol–water partition coefficient (Wildman–Crippen LogP) is 12.3. The summed E-state index contributed by atoms with van der Waals surface area (Å²) in [6, 6.07) is 0. The van der Waals surface area contributed by atoms with E-state index in [9.17, 15) is 9.59 Å². The number of carbonyl (C=O) groups is 2. The summed E-state index contributed by atoms with van der Waals surface area (Å²) >= 11 is 0. The highest BCUT2D eigenvalue weighted by atomic mass is 16.2. The molecule has 0 bridgehead atoms. The highest BCUT2D eigenvalue weighted by Gasteiger charge is 2.42. The van der Waals surface area contributed by atoms with Crippen molar-refractivity contribution >= 4 is 11.8 Å². The fourth-order valence-electron chi connectivity index (χ4n) is 8.29. The molecule has 300 valence electrons. The first-order valence-corrected chi connectivity index (χ1v) is 22.2. The number of hydrogen-bond donors (Lipinski definition) is 4. The van der Waals surface area contributed by atoms with Crippen LogP contribution in [0.2, 0.25) is 0 Å². The van der Waals surface area contributed by atoms with Crippen LogP contribution in [0.3, 0.4) is 0 Å². The van der Waals surface area contributed by atoms with Crippen molar-refractivity contribution in [2.45, 2.75) is 249 Å². The zero-order valence-corrected chi connectivity index (χ0v) is 35.7. The lowest BCUT2D eigenvalue weighted by Crippen LogP contribution is -2.51. The molecule has 6 N–H and O–H groups in total. The van der Waals surface area contributed by atoms with Gasteiger partial charge in [0, 0.05) is 0 Å². The number of rotatable bonds is 32. The molecule has 0 aliphatic rings. The summed E-state index contributed by atoms with van der Waals surface area (Å²) in [7, 11) is 0. The Morgan fingerprint density at radius 3 is 0.940 bits per heavy atom. The van der Waals surface area contributed by atoms with Crippen LogP contribution in [0, 0.1) is 22.7 Å². The van der Waals surface area contributed by atoms with E-state index in [0.29, 0.717) is 11.8 Å². The van der Waals surface area contributed by atoms with E-state index in [2.05, 4.69) is 66.0 Å². The van der Waals surface area contributed by atoms with Crippen LogP contribution in [-0.2, 0) is 9.59 Å². The molecule has 0 aliphatic heterocycles. The van der Waals surface area contributed by atoms with E-state index in [1.54, 1.807) is 0 Å². The summed E-state index contributed by atoms with van der Waals surface area (Å²) in [5.41, 5.74) is 11.4. The molecule has 6 heteroatoms. The van der Waals surface area contributed by atoms with Crippen LogP contribution in [0.15, 0.2) is 0 Å². The van der Waals surface area contributed by atoms with Crippen molar-refractivity contribution in [1.82, 2.24) is 10.6 Å². The summed E-state index contributed by atoms with van der Waals surface area (Å²) in [4.78, 5) is 25.8. The number of unbranched alkanes of at least 4 members (excludes halogenated alkanes) is 14. The standard InChI is InChI=1S/C27H56N2O.C17H36N2O/c1-6-11-12-13-14-15-16-17-18-19-20-21-22-23-24(7-2)27(9-4,10-5)26(30)29-25(28)8-3;1-6-11-12-13-14(7-2)17(9-4,10-5)16(20)19-15(18)8-3/h24-25H,6-23,28H2,1-5H3,(H,29,30);14-15H,6-13,18H2,1-5H3,(H,19,20). The molecule has 0 saturated heterocycles. The van der Waals surface area contributed by atoms with Crippen molar-refractivity contribution in [3.63, 3.8) is 0 Å². The maximum absolute atomic E-state index is 13.0. The Kier molecular flexibility index (Phi) is 33.1. The largest absolute Gasteiger partial charge is 0.341 e. The van der Waals surface area contributed by atoms with Gasteiger partial charge in [-0.2, -0.15) is 0 Å².